The predicted octanol–water partition coefficient (Wildman–Crippen LogP) is 1.91. The minimum Gasteiger partial charge on any atom is -0.481 e. The topological polar surface area (TPSA) is 71.4 Å². The van der Waals surface area contributed by atoms with E-state index in [9.17, 15) is 22.0 Å². The van der Waals surface area contributed by atoms with Gasteiger partial charge in [0.05, 0.1) is 10.8 Å². The summed E-state index contributed by atoms with van der Waals surface area (Å²) in [6.45, 7) is 0. The van der Waals surface area contributed by atoms with Crippen molar-refractivity contribution in [1.82, 2.24) is 0 Å². The Morgan fingerprint density at radius 2 is 1.78 bits per heavy atom. The number of hydrogen-bond donors (Lipinski definition) is 1. The number of aliphatic carboxylic acids is 1. The average Bonchev–Trinajstić information content (AvgIpc) is 2.24. The molecule has 1 N–H and O–H groups in total. The van der Waals surface area contributed by atoms with E-state index in [0.717, 1.165) is 6.26 Å². The first-order valence-corrected chi connectivity index (χ1v) is 6.92. The lowest BCUT2D eigenvalue weighted by Gasteiger charge is -2.12. The fourth-order valence-electron chi connectivity index (χ4n) is 1.50. The molecule has 0 saturated carbocycles. The summed E-state index contributed by atoms with van der Waals surface area (Å²) in [5, 5.41) is 8.85. The lowest BCUT2D eigenvalue weighted by atomic mass is 9.96. The molecule has 1 atom stereocenters. The lowest BCUT2D eigenvalue weighted by Crippen LogP contribution is -2.15. The van der Waals surface area contributed by atoms with Crippen LogP contribution in [-0.2, 0) is 14.6 Å². The molecule has 100 valence electrons. The number of hydrogen-bond acceptors (Lipinski definition) is 3. The number of alkyl halides is 2. The molecule has 0 fully saturated rings. The van der Waals surface area contributed by atoms with Gasteiger partial charge in [0, 0.05) is 12.7 Å². The van der Waals surface area contributed by atoms with Crippen molar-refractivity contribution in [3.63, 3.8) is 0 Å². The summed E-state index contributed by atoms with van der Waals surface area (Å²) in [6.07, 6.45) is -2.52. The van der Waals surface area contributed by atoms with Crippen molar-refractivity contribution < 1.29 is 27.1 Å². The number of carboxylic acid groups (broad SMARTS) is 1. The smallest absolute Gasteiger partial charge is 0.311 e. The first-order valence-electron chi connectivity index (χ1n) is 5.03. The zero-order valence-corrected chi connectivity index (χ0v) is 10.3. The van der Waals surface area contributed by atoms with Crippen molar-refractivity contribution in [2.24, 2.45) is 0 Å². The van der Waals surface area contributed by atoms with Crippen LogP contribution in [0.2, 0.25) is 0 Å². The zero-order valence-electron chi connectivity index (χ0n) is 9.51. The standard InChI is InChI=1S/C11H12F2O4S/c1-18(16,17)8-4-2-7(3-5-8)9(11(14)15)6-10(12)13/h2-5,9-10H,6H2,1H3,(H,14,15). The van der Waals surface area contributed by atoms with Gasteiger partial charge in [0.1, 0.15) is 0 Å². The van der Waals surface area contributed by atoms with Crippen molar-refractivity contribution >= 4 is 15.8 Å². The predicted molar refractivity (Wildman–Crippen MR) is 60.5 cm³/mol. The number of rotatable bonds is 5. The SMILES string of the molecule is CS(=O)(=O)c1ccc(C(CC(F)F)C(=O)O)cc1. The third-order valence-electron chi connectivity index (χ3n) is 2.42. The van der Waals surface area contributed by atoms with Gasteiger partial charge in [-0.2, -0.15) is 0 Å². The minimum absolute atomic E-state index is 0.0208. The molecule has 0 bridgehead atoms. The van der Waals surface area contributed by atoms with Gasteiger partial charge in [-0.05, 0) is 17.7 Å². The van der Waals surface area contributed by atoms with Crippen LogP contribution in [0.25, 0.3) is 0 Å². The first kappa shape index (κ1) is 14.6. The van der Waals surface area contributed by atoms with E-state index < -0.39 is 34.6 Å². The molecule has 0 saturated heterocycles. The molecule has 0 aromatic heterocycles. The van der Waals surface area contributed by atoms with E-state index in [-0.39, 0.29) is 10.5 Å². The highest BCUT2D eigenvalue weighted by molar-refractivity contribution is 7.90. The summed E-state index contributed by atoms with van der Waals surface area (Å²) in [7, 11) is -3.38. The molecule has 1 aromatic carbocycles. The van der Waals surface area contributed by atoms with Crippen molar-refractivity contribution in [2.45, 2.75) is 23.7 Å². The fraction of sp³-hybridized carbons (Fsp3) is 0.364. The molecule has 4 nitrogen and oxygen atoms in total. The summed E-state index contributed by atoms with van der Waals surface area (Å²) in [5.41, 5.74) is 0.162. The van der Waals surface area contributed by atoms with Crippen LogP contribution in [0.1, 0.15) is 17.9 Å². The summed E-state index contributed by atoms with van der Waals surface area (Å²) in [5.74, 6) is -2.69. The van der Waals surface area contributed by atoms with E-state index in [1.54, 1.807) is 0 Å². The van der Waals surface area contributed by atoms with Crippen LogP contribution in [-0.4, -0.2) is 32.2 Å². The number of benzene rings is 1. The minimum atomic E-state index is -3.38. The maximum atomic E-state index is 12.2. The maximum Gasteiger partial charge on any atom is 0.311 e. The zero-order chi connectivity index (χ0) is 13.9. The Hall–Kier alpha value is -1.50. The second-order valence-electron chi connectivity index (χ2n) is 3.86. The van der Waals surface area contributed by atoms with Gasteiger partial charge in [0.2, 0.25) is 6.43 Å². The molecular formula is C11H12F2O4S. The third kappa shape index (κ3) is 3.76. The van der Waals surface area contributed by atoms with Gasteiger partial charge in [0.15, 0.2) is 9.84 Å². The van der Waals surface area contributed by atoms with E-state index in [1.165, 1.54) is 24.3 Å². The van der Waals surface area contributed by atoms with Gasteiger partial charge in [-0.25, -0.2) is 17.2 Å². The normalized spacial score (nSPS) is 13.6. The average molecular weight is 278 g/mol. The van der Waals surface area contributed by atoms with E-state index in [4.69, 9.17) is 5.11 Å². The van der Waals surface area contributed by atoms with Crippen molar-refractivity contribution in [1.29, 1.82) is 0 Å². The highest BCUT2D eigenvalue weighted by atomic mass is 32.2. The summed E-state index contributed by atoms with van der Waals surface area (Å²) in [4.78, 5) is 10.9. The molecule has 0 aliphatic carbocycles. The van der Waals surface area contributed by atoms with Crippen LogP contribution >= 0.6 is 0 Å². The summed E-state index contributed by atoms with van der Waals surface area (Å²) >= 11 is 0. The van der Waals surface area contributed by atoms with Gasteiger partial charge in [-0.3, -0.25) is 4.79 Å². The molecule has 0 spiro atoms. The van der Waals surface area contributed by atoms with E-state index in [2.05, 4.69) is 0 Å². The molecule has 0 amide bonds. The number of halogens is 2. The number of sulfone groups is 1. The number of carboxylic acids is 1. The quantitative estimate of drug-likeness (QED) is 0.893. The van der Waals surface area contributed by atoms with Crippen molar-refractivity contribution in [3.05, 3.63) is 29.8 Å². The Labute approximate surface area is 103 Å². The monoisotopic (exact) mass is 278 g/mol. The Morgan fingerprint density at radius 1 is 1.28 bits per heavy atom. The van der Waals surface area contributed by atoms with E-state index >= 15 is 0 Å². The van der Waals surface area contributed by atoms with E-state index in [0.29, 0.717) is 0 Å². The van der Waals surface area contributed by atoms with Gasteiger partial charge in [-0.1, -0.05) is 12.1 Å². The van der Waals surface area contributed by atoms with Crippen LogP contribution in [0, 0.1) is 0 Å². The first-order chi connectivity index (χ1) is 8.21. The highest BCUT2D eigenvalue weighted by Crippen LogP contribution is 2.24. The molecule has 1 unspecified atom stereocenters. The number of carbonyl (C=O) groups is 1. The Morgan fingerprint density at radius 3 is 2.11 bits per heavy atom. The molecule has 1 rings (SSSR count). The van der Waals surface area contributed by atoms with Gasteiger partial charge in [-0.15, -0.1) is 0 Å². The second-order valence-corrected chi connectivity index (χ2v) is 5.87. The summed E-state index contributed by atoms with van der Waals surface area (Å²) in [6, 6.07) is 4.92. The fourth-order valence-corrected chi connectivity index (χ4v) is 2.14. The molecule has 0 radical (unpaired) electrons. The summed E-state index contributed by atoms with van der Waals surface area (Å²) < 4.78 is 46.9. The maximum absolute atomic E-state index is 12.2. The van der Waals surface area contributed by atoms with Crippen LogP contribution in [0.5, 0.6) is 0 Å². The van der Waals surface area contributed by atoms with E-state index in [1.807, 2.05) is 0 Å². The van der Waals surface area contributed by atoms with Crippen LogP contribution in [0.4, 0.5) is 8.78 Å². The second kappa shape index (κ2) is 5.43. The molecule has 0 aliphatic rings. The largest absolute Gasteiger partial charge is 0.481 e. The van der Waals surface area contributed by atoms with Crippen LogP contribution < -0.4 is 0 Å². The van der Waals surface area contributed by atoms with Gasteiger partial charge < -0.3 is 5.11 Å². The lowest BCUT2D eigenvalue weighted by molar-refractivity contribution is -0.139. The highest BCUT2D eigenvalue weighted by Gasteiger charge is 2.24. The van der Waals surface area contributed by atoms with Crippen LogP contribution in [0.3, 0.4) is 0 Å². The third-order valence-corrected chi connectivity index (χ3v) is 3.55. The van der Waals surface area contributed by atoms with Gasteiger partial charge >= 0.3 is 5.97 Å². The molecule has 0 heterocycles. The van der Waals surface area contributed by atoms with Gasteiger partial charge in [0.25, 0.3) is 0 Å². The Bertz CT molecular complexity index is 522. The molecule has 7 heteroatoms. The molecule has 18 heavy (non-hydrogen) atoms. The van der Waals surface area contributed by atoms with Crippen LogP contribution in [0.15, 0.2) is 29.2 Å². The van der Waals surface area contributed by atoms with Crippen molar-refractivity contribution in [2.75, 3.05) is 6.26 Å². The molecule has 1 aromatic rings. The Balaban J connectivity index is 3.05. The molecular weight excluding hydrogens is 266 g/mol. The Kier molecular flexibility index (Phi) is 4.39. The molecule has 0 aliphatic heterocycles. The van der Waals surface area contributed by atoms with Crippen molar-refractivity contribution in [3.8, 4) is 0 Å².